The van der Waals surface area contributed by atoms with Crippen molar-refractivity contribution in [3.05, 3.63) is 0 Å². The molecule has 0 amide bonds. The summed E-state index contributed by atoms with van der Waals surface area (Å²) in [5.41, 5.74) is 0.0997. The van der Waals surface area contributed by atoms with Crippen LogP contribution in [-0.2, 0) is 4.74 Å². The molecule has 2 saturated heterocycles. The Kier molecular flexibility index (Phi) is 5.05. The van der Waals surface area contributed by atoms with Gasteiger partial charge in [0.05, 0.1) is 11.7 Å². The Balaban J connectivity index is 1.61. The second kappa shape index (κ2) is 6.36. The number of rotatable bonds is 5. The van der Waals surface area contributed by atoms with Gasteiger partial charge in [0, 0.05) is 19.1 Å². The van der Waals surface area contributed by atoms with Gasteiger partial charge in [-0.25, -0.2) is 0 Å². The first-order chi connectivity index (χ1) is 8.55. The smallest absolute Gasteiger partial charge is 0.0707 e. The summed E-state index contributed by atoms with van der Waals surface area (Å²) in [7, 11) is 0. The highest BCUT2D eigenvalue weighted by molar-refractivity contribution is 4.83. The number of nitrogens with one attached hydrogen (secondary N) is 1. The maximum absolute atomic E-state index is 6.01. The van der Waals surface area contributed by atoms with Crippen molar-refractivity contribution in [2.24, 2.45) is 0 Å². The van der Waals surface area contributed by atoms with Crippen molar-refractivity contribution in [2.45, 2.75) is 70.6 Å². The molecule has 0 aliphatic carbocycles. The van der Waals surface area contributed by atoms with E-state index in [-0.39, 0.29) is 5.60 Å². The fraction of sp³-hybridized carbons (Fsp3) is 1.00. The topological polar surface area (TPSA) is 24.5 Å². The molecule has 0 aromatic heterocycles. The Bertz CT molecular complexity index is 249. The number of likely N-dealkylation sites (tertiary alicyclic amines) is 1. The molecular formula is C15H30N2O. The summed E-state index contributed by atoms with van der Waals surface area (Å²) < 4.78 is 6.01. The van der Waals surface area contributed by atoms with Crippen molar-refractivity contribution in [2.75, 3.05) is 26.2 Å². The lowest BCUT2D eigenvalue weighted by molar-refractivity contribution is -0.0153. The van der Waals surface area contributed by atoms with Gasteiger partial charge in [-0.3, -0.25) is 0 Å². The Morgan fingerprint density at radius 3 is 2.61 bits per heavy atom. The van der Waals surface area contributed by atoms with Crippen LogP contribution in [0.2, 0.25) is 0 Å². The molecule has 18 heavy (non-hydrogen) atoms. The summed E-state index contributed by atoms with van der Waals surface area (Å²) in [5, 5.41) is 3.64. The third-order valence-corrected chi connectivity index (χ3v) is 4.23. The summed E-state index contributed by atoms with van der Waals surface area (Å²) in [6.07, 6.45) is 7.00. The summed E-state index contributed by atoms with van der Waals surface area (Å²) in [5.74, 6) is 0. The lowest BCUT2D eigenvalue weighted by Crippen LogP contribution is -2.43. The van der Waals surface area contributed by atoms with Crippen molar-refractivity contribution < 1.29 is 4.74 Å². The fourth-order valence-electron chi connectivity index (χ4n) is 3.15. The standard InChI is InChI=1S/C15H30N2O/c1-13(12-17-9-5-4-6-10-17)16-11-14-7-8-15(2,3)18-14/h13-14,16H,4-12H2,1-3H3. The number of hydrogen-bond acceptors (Lipinski definition) is 3. The first kappa shape index (κ1) is 14.3. The largest absolute Gasteiger partial charge is 0.371 e. The molecule has 2 fully saturated rings. The van der Waals surface area contributed by atoms with Gasteiger partial charge >= 0.3 is 0 Å². The molecule has 0 spiro atoms. The Morgan fingerprint density at radius 2 is 2.00 bits per heavy atom. The molecule has 0 aromatic rings. The molecule has 3 nitrogen and oxygen atoms in total. The van der Waals surface area contributed by atoms with Gasteiger partial charge in [-0.05, 0) is 59.5 Å². The van der Waals surface area contributed by atoms with E-state index in [9.17, 15) is 0 Å². The van der Waals surface area contributed by atoms with Crippen LogP contribution in [0.15, 0.2) is 0 Å². The second-order valence-electron chi connectivity index (χ2n) is 6.71. The second-order valence-corrected chi connectivity index (χ2v) is 6.71. The van der Waals surface area contributed by atoms with Crippen molar-refractivity contribution in [3.63, 3.8) is 0 Å². The Hall–Kier alpha value is -0.120. The van der Waals surface area contributed by atoms with Gasteiger partial charge in [0.15, 0.2) is 0 Å². The fourth-order valence-corrected chi connectivity index (χ4v) is 3.15. The summed E-state index contributed by atoms with van der Waals surface area (Å²) in [6.45, 7) is 11.5. The number of hydrogen-bond donors (Lipinski definition) is 1. The molecule has 2 aliphatic rings. The monoisotopic (exact) mass is 254 g/mol. The first-order valence-electron chi connectivity index (χ1n) is 7.69. The molecule has 1 N–H and O–H groups in total. The van der Waals surface area contributed by atoms with Crippen LogP contribution in [0.25, 0.3) is 0 Å². The number of nitrogens with zero attached hydrogens (tertiary/aromatic N) is 1. The first-order valence-corrected chi connectivity index (χ1v) is 7.69. The Morgan fingerprint density at radius 1 is 1.28 bits per heavy atom. The molecule has 2 atom stereocenters. The van der Waals surface area contributed by atoms with E-state index in [2.05, 4.69) is 31.0 Å². The minimum atomic E-state index is 0.0997. The van der Waals surface area contributed by atoms with E-state index in [0.717, 1.165) is 6.54 Å². The van der Waals surface area contributed by atoms with Crippen molar-refractivity contribution >= 4 is 0 Å². The van der Waals surface area contributed by atoms with E-state index in [1.807, 2.05) is 0 Å². The maximum Gasteiger partial charge on any atom is 0.0707 e. The van der Waals surface area contributed by atoms with Gasteiger partial charge in [0.2, 0.25) is 0 Å². The molecular weight excluding hydrogens is 224 g/mol. The van der Waals surface area contributed by atoms with Crippen molar-refractivity contribution in [3.8, 4) is 0 Å². The third-order valence-electron chi connectivity index (χ3n) is 4.23. The van der Waals surface area contributed by atoms with Gasteiger partial charge in [-0.1, -0.05) is 6.42 Å². The SMILES string of the molecule is CC(CN1CCCCC1)NCC1CCC(C)(C)O1. The average molecular weight is 254 g/mol. The van der Waals surface area contributed by atoms with E-state index >= 15 is 0 Å². The molecule has 2 heterocycles. The molecule has 3 heteroatoms. The summed E-state index contributed by atoms with van der Waals surface area (Å²) in [6, 6.07) is 0.579. The van der Waals surface area contributed by atoms with Gasteiger partial charge in [0.25, 0.3) is 0 Å². The molecule has 2 unspecified atom stereocenters. The van der Waals surface area contributed by atoms with Gasteiger partial charge in [-0.15, -0.1) is 0 Å². The van der Waals surface area contributed by atoms with Crippen molar-refractivity contribution in [1.82, 2.24) is 10.2 Å². The van der Waals surface area contributed by atoms with Crippen molar-refractivity contribution in [1.29, 1.82) is 0 Å². The zero-order chi connectivity index (χ0) is 13.0. The van der Waals surface area contributed by atoms with Gasteiger partial charge < -0.3 is 15.0 Å². The van der Waals surface area contributed by atoms with Crippen LogP contribution in [-0.4, -0.2) is 48.8 Å². The normalized spacial score (nSPS) is 30.5. The third kappa shape index (κ3) is 4.52. The summed E-state index contributed by atoms with van der Waals surface area (Å²) >= 11 is 0. The lowest BCUT2D eigenvalue weighted by Gasteiger charge is -2.30. The molecule has 2 aliphatic heterocycles. The predicted octanol–water partition coefficient (Wildman–Crippen LogP) is 2.41. The van der Waals surface area contributed by atoms with Crippen LogP contribution in [0.5, 0.6) is 0 Å². The molecule has 0 bridgehead atoms. The molecule has 0 radical (unpaired) electrons. The van der Waals surface area contributed by atoms with E-state index in [0.29, 0.717) is 12.1 Å². The zero-order valence-corrected chi connectivity index (χ0v) is 12.4. The highest BCUT2D eigenvalue weighted by atomic mass is 16.5. The summed E-state index contributed by atoms with van der Waals surface area (Å²) in [4.78, 5) is 2.60. The average Bonchev–Trinajstić information content (AvgIpc) is 2.68. The highest BCUT2D eigenvalue weighted by Crippen LogP contribution is 2.28. The minimum absolute atomic E-state index is 0.0997. The van der Waals surface area contributed by atoms with E-state index in [4.69, 9.17) is 4.74 Å². The zero-order valence-electron chi connectivity index (χ0n) is 12.4. The minimum Gasteiger partial charge on any atom is -0.371 e. The van der Waals surface area contributed by atoms with Crippen LogP contribution in [0, 0.1) is 0 Å². The van der Waals surface area contributed by atoms with Crippen LogP contribution in [0.1, 0.15) is 52.9 Å². The van der Waals surface area contributed by atoms with Crippen LogP contribution in [0.3, 0.4) is 0 Å². The quantitative estimate of drug-likeness (QED) is 0.815. The molecule has 2 rings (SSSR count). The van der Waals surface area contributed by atoms with Crippen LogP contribution in [0.4, 0.5) is 0 Å². The Labute approximate surface area is 112 Å². The molecule has 106 valence electrons. The predicted molar refractivity (Wildman–Crippen MR) is 75.9 cm³/mol. The lowest BCUT2D eigenvalue weighted by atomic mass is 10.1. The number of piperidine rings is 1. The van der Waals surface area contributed by atoms with Gasteiger partial charge in [0.1, 0.15) is 0 Å². The maximum atomic E-state index is 6.01. The van der Waals surface area contributed by atoms with E-state index in [1.165, 1.54) is 51.7 Å². The molecule has 0 aromatic carbocycles. The highest BCUT2D eigenvalue weighted by Gasteiger charge is 2.31. The van der Waals surface area contributed by atoms with Gasteiger partial charge in [-0.2, -0.15) is 0 Å². The van der Waals surface area contributed by atoms with E-state index < -0.39 is 0 Å². The van der Waals surface area contributed by atoms with Crippen LogP contribution >= 0.6 is 0 Å². The number of ether oxygens (including phenoxy) is 1. The van der Waals surface area contributed by atoms with E-state index in [1.54, 1.807) is 0 Å². The van der Waals surface area contributed by atoms with Crippen LogP contribution < -0.4 is 5.32 Å². The molecule has 0 saturated carbocycles.